The first-order chi connectivity index (χ1) is 14.3. The van der Waals surface area contributed by atoms with E-state index in [0.717, 1.165) is 11.8 Å². The maximum Gasteiger partial charge on any atom is 0.335 e. The van der Waals surface area contributed by atoms with Crippen LogP contribution in [0.1, 0.15) is 17.3 Å². The SMILES string of the molecule is C=CCn1c(S[C@H](C)C(=O)Nc2cccc(Cl)c2)nc2cc(C(=O)O)ccc2c1=O. The first-order valence-corrected chi connectivity index (χ1v) is 10.2. The Kier molecular flexibility index (Phi) is 6.59. The first kappa shape index (κ1) is 21.6. The number of benzene rings is 2. The van der Waals surface area contributed by atoms with Gasteiger partial charge in [-0.3, -0.25) is 14.2 Å². The highest BCUT2D eigenvalue weighted by atomic mass is 35.5. The molecule has 9 heteroatoms. The predicted octanol–water partition coefficient (Wildman–Crippen LogP) is 4.05. The molecule has 0 saturated carbocycles. The topological polar surface area (TPSA) is 101 Å². The molecule has 154 valence electrons. The second-order valence-corrected chi connectivity index (χ2v) is 8.14. The molecule has 3 aromatic rings. The van der Waals surface area contributed by atoms with E-state index in [0.29, 0.717) is 21.3 Å². The highest BCUT2D eigenvalue weighted by molar-refractivity contribution is 8.00. The van der Waals surface area contributed by atoms with E-state index in [9.17, 15) is 19.5 Å². The number of rotatable bonds is 7. The van der Waals surface area contributed by atoms with Crippen LogP contribution in [-0.4, -0.2) is 31.8 Å². The number of fused-ring (bicyclic) bond motifs is 1. The maximum absolute atomic E-state index is 12.9. The number of hydrogen-bond acceptors (Lipinski definition) is 5. The van der Waals surface area contributed by atoms with Crippen molar-refractivity contribution in [3.05, 3.63) is 76.1 Å². The van der Waals surface area contributed by atoms with Crippen LogP contribution in [0.15, 0.2) is 65.1 Å². The van der Waals surface area contributed by atoms with E-state index < -0.39 is 11.2 Å². The largest absolute Gasteiger partial charge is 0.478 e. The lowest BCUT2D eigenvalue weighted by Gasteiger charge is -2.16. The van der Waals surface area contributed by atoms with Crippen molar-refractivity contribution >= 4 is 51.8 Å². The Hall–Kier alpha value is -3.10. The summed E-state index contributed by atoms with van der Waals surface area (Å²) in [6.45, 7) is 5.56. The van der Waals surface area contributed by atoms with Crippen LogP contribution in [0.4, 0.5) is 5.69 Å². The molecule has 0 aliphatic carbocycles. The van der Waals surface area contributed by atoms with E-state index in [2.05, 4.69) is 16.9 Å². The Morgan fingerprint density at radius 3 is 2.77 bits per heavy atom. The number of thioether (sulfide) groups is 1. The van der Waals surface area contributed by atoms with Crippen molar-refractivity contribution in [2.75, 3.05) is 5.32 Å². The van der Waals surface area contributed by atoms with E-state index >= 15 is 0 Å². The van der Waals surface area contributed by atoms with Crippen molar-refractivity contribution in [1.29, 1.82) is 0 Å². The second kappa shape index (κ2) is 9.15. The van der Waals surface area contributed by atoms with E-state index in [1.54, 1.807) is 37.3 Å². The summed E-state index contributed by atoms with van der Waals surface area (Å²) >= 11 is 7.04. The summed E-state index contributed by atoms with van der Waals surface area (Å²) in [6.07, 6.45) is 1.56. The smallest absolute Gasteiger partial charge is 0.335 e. The van der Waals surface area contributed by atoms with Gasteiger partial charge in [0.1, 0.15) is 0 Å². The highest BCUT2D eigenvalue weighted by Gasteiger charge is 2.20. The average molecular weight is 444 g/mol. The molecule has 0 radical (unpaired) electrons. The Bertz CT molecular complexity index is 1210. The molecule has 0 spiro atoms. The lowest BCUT2D eigenvalue weighted by molar-refractivity contribution is -0.115. The first-order valence-electron chi connectivity index (χ1n) is 8.92. The molecular weight excluding hydrogens is 426 g/mol. The van der Waals surface area contributed by atoms with Gasteiger partial charge in [-0.1, -0.05) is 35.5 Å². The van der Waals surface area contributed by atoms with Crippen molar-refractivity contribution < 1.29 is 14.7 Å². The summed E-state index contributed by atoms with van der Waals surface area (Å²) < 4.78 is 1.41. The van der Waals surface area contributed by atoms with Gasteiger partial charge < -0.3 is 10.4 Å². The third-order valence-corrected chi connectivity index (χ3v) is 5.55. The van der Waals surface area contributed by atoms with Gasteiger partial charge in [0.15, 0.2) is 5.16 Å². The number of nitrogens with zero attached hydrogens (tertiary/aromatic N) is 2. The zero-order valence-electron chi connectivity index (χ0n) is 16.0. The van der Waals surface area contributed by atoms with Gasteiger partial charge in [0.25, 0.3) is 5.56 Å². The van der Waals surface area contributed by atoms with Gasteiger partial charge in [-0.25, -0.2) is 9.78 Å². The van der Waals surface area contributed by atoms with Crippen molar-refractivity contribution in [2.45, 2.75) is 23.9 Å². The van der Waals surface area contributed by atoms with E-state index in [1.807, 2.05) is 0 Å². The third-order valence-electron chi connectivity index (χ3n) is 4.22. The number of aromatic carboxylic acids is 1. The number of amides is 1. The molecular formula is C21H18ClN3O4S. The number of carbonyl (C=O) groups excluding carboxylic acids is 1. The summed E-state index contributed by atoms with van der Waals surface area (Å²) in [4.78, 5) is 41.2. The van der Waals surface area contributed by atoms with Gasteiger partial charge >= 0.3 is 5.97 Å². The molecule has 0 aliphatic heterocycles. The van der Waals surface area contributed by atoms with Crippen LogP contribution in [0.3, 0.4) is 0 Å². The summed E-state index contributed by atoms with van der Waals surface area (Å²) in [5.41, 5.74) is 0.506. The highest BCUT2D eigenvalue weighted by Crippen LogP contribution is 2.25. The molecule has 0 bridgehead atoms. The monoisotopic (exact) mass is 443 g/mol. The zero-order valence-corrected chi connectivity index (χ0v) is 17.5. The normalized spacial score (nSPS) is 11.8. The summed E-state index contributed by atoms with van der Waals surface area (Å²) in [5.74, 6) is -1.40. The number of carboxylic acids is 1. The molecule has 2 aromatic carbocycles. The molecule has 0 fully saturated rings. The predicted molar refractivity (Wildman–Crippen MR) is 119 cm³/mol. The van der Waals surface area contributed by atoms with Gasteiger partial charge in [0.2, 0.25) is 5.91 Å². The lowest BCUT2D eigenvalue weighted by atomic mass is 10.1. The summed E-state index contributed by atoms with van der Waals surface area (Å²) in [7, 11) is 0. The number of carbonyl (C=O) groups is 2. The Labute approximate surface area is 181 Å². The molecule has 1 amide bonds. The van der Waals surface area contributed by atoms with E-state index in [4.69, 9.17) is 11.6 Å². The van der Waals surface area contributed by atoms with Crippen molar-refractivity contribution in [3.63, 3.8) is 0 Å². The van der Waals surface area contributed by atoms with Gasteiger partial charge in [-0.15, -0.1) is 6.58 Å². The molecule has 0 aliphatic rings. The number of anilines is 1. The number of allylic oxidation sites excluding steroid dienone is 1. The summed E-state index contributed by atoms with van der Waals surface area (Å²) in [6, 6.07) is 10.9. The Morgan fingerprint density at radius 2 is 2.10 bits per heavy atom. The number of nitrogens with one attached hydrogen (secondary N) is 1. The molecule has 1 aromatic heterocycles. The van der Waals surface area contributed by atoms with Gasteiger partial charge in [0, 0.05) is 17.3 Å². The minimum atomic E-state index is -1.11. The number of carboxylic acid groups (broad SMARTS) is 1. The van der Waals surface area contributed by atoms with Crippen LogP contribution < -0.4 is 10.9 Å². The van der Waals surface area contributed by atoms with Crippen LogP contribution in [0, 0.1) is 0 Å². The van der Waals surface area contributed by atoms with Crippen LogP contribution in [0.5, 0.6) is 0 Å². The third kappa shape index (κ3) is 4.72. The zero-order chi connectivity index (χ0) is 21.8. The Morgan fingerprint density at radius 1 is 1.33 bits per heavy atom. The summed E-state index contributed by atoms with van der Waals surface area (Å²) in [5, 5.41) is 12.5. The average Bonchev–Trinajstić information content (AvgIpc) is 2.70. The fourth-order valence-electron chi connectivity index (χ4n) is 2.74. The molecule has 3 rings (SSSR count). The fourth-order valence-corrected chi connectivity index (χ4v) is 3.84. The van der Waals surface area contributed by atoms with Crippen molar-refractivity contribution in [1.82, 2.24) is 9.55 Å². The van der Waals surface area contributed by atoms with Gasteiger partial charge in [-0.05, 0) is 43.3 Å². The van der Waals surface area contributed by atoms with Gasteiger partial charge in [-0.2, -0.15) is 0 Å². The molecule has 30 heavy (non-hydrogen) atoms. The standard InChI is InChI=1S/C21H18ClN3O4S/c1-3-9-25-19(27)16-8-7-13(20(28)29)10-17(16)24-21(25)30-12(2)18(26)23-15-6-4-5-14(22)11-15/h3-8,10-12H,1,9H2,2H3,(H,23,26)(H,28,29)/t12-/m1/s1. The lowest BCUT2D eigenvalue weighted by Crippen LogP contribution is -2.27. The maximum atomic E-state index is 12.9. The van der Waals surface area contributed by atoms with Crippen LogP contribution in [0.25, 0.3) is 10.9 Å². The minimum absolute atomic E-state index is 0.0265. The second-order valence-electron chi connectivity index (χ2n) is 6.40. The molecule has 0 saturated heterocycles. The van der Waals surface area contributed by atoms with Crippen LogP contribution in [-0.2, 0) is 11.3 Å². The fraction of sp³-hybridized carbons (Fsp3) is 0.143. The minimum Gasteiger partial charge on any atom is -0.478 e. The van der Waals surface area contributed by atoms with Crippen molar-refractivity contribution in [2.24, 2.45) is 0 Å². The molecule has 2 N–H and O–H groups in total. The Balaban J connectivity index is 1.95. The molecule has 7 nitrogen and oxygen atoms in total. The molecule has 1 atom stereocenters. The quantitative estimate of drug-likeness (QED) is 0.324. The van der Waals surface area contributed by atoms with Crippen LogP contribution >= 0.6 is 23.4 Å². The van der Waals surface area contributed by atoms with Crippen molar-refractivity contribution in [3.8, 4) is 0 Å². The van der Waals surface area contributed by atoms with E-state index in [-0.39, 0.29) is 29.1 Å². The number of halogens is 1. The number of hydrogen-bond donors (Lipinski definition) is 2. The van der Waals surface area contributed by atoms with Crippen LogP contribution in [0.2, 0.25) is 5.02 Å². The molecule has 0 unspecified atom stereocenters. The van der Waals surface area contributed by atoms with Gasteiger partial charge in [0.05, 0.1) is 21.7 Å². The number of aromatic nitrogens is 2. The van der Waals surface area contributed by atoms with E-state index in [1.165, 1.54) is 22.8 Å². The molecule has 1 heterocycles.